The van der Waals surface area contributed by atoms with Crippen LogP contribution in [-0.4, -0.2) is 27.3 Å². The van der Waals surface area contributed by atoms with E-state index in [4.69, 9.17) is 0 Å². The first kappa shape index (κ1) is 14.6. The van der Waals surface area contributed by atoms with Crippen LogP contribution in [0.5, 0.6) is 0 Å². The number of carbonyl (C=O) groups excluding carboxylic acids is 1. The summed E-state index contributed by atoms with van der Waals surface area (Å²) in [6.45, 7) is 1.85. The maximum atomic E-state index is 12.2. The smallest absolute Gasteiger partial charge is 0.272 e. The topological polar surface area (TPSA) is 83.0 Å². The number of benzene rings is 1. The second-order valence-electron chi connectivity index (χ2n) is 4.92. The Kier molecular flexibility index (Phi) is 4.24. The molecule has 1 amide bonds. The van der Waals surface area contributed by atoms with Crippen LogP contribution in [0.4, 0.5) is 0 Å². The number of carbonyl (C=O) groups is 1. The van der Waals surface area contributed by atoms with Gasteiger partial charge >= 0.3 is 0 Å². The van der Waals surface area contributed by atoms with E-state index in [1.165, 1.54) is 0 Å². The Morgan fingerprint density at radius 3 is 2.65 bits per heavy atom. The maximum absolute atomic E-state index is 12.2. The van der Waals surface area contributed by atoms with Crippen molar-refractivity contribution < 1.29 is 4.79 Å². The number of nitrogens with zero attached hydrogens (tertiary/aromatic N) is 3. The molecule has 114 valence electrons. The summed E-state index contributed by atoms with van der Waals surface area (Å²) >= 11 is 0. The Hall–Kier alpha value is -3.28. The highest BCUT2D eigenvalue weighted by Gasteiger charge is 2.16. The molecule has 0 aliphatic carbocycles. The minimum absolute atomic E-state index is 0.331. The Balaban J connectivity index is 1.74. The predicted molar refractivity (Wildman–Crippen MR) is 88.1 cm³/mol. The largest absolute Gasteiger partial charge is 0.289 e. The van der Waals surface area contributed by atoms with Crippen molar-refractivity contribution >= 4 is 12.1 Å². The van der Waals surface area contributed by atoms with Gasteiger partial charge in [0.15, 0.2) is 0 Å². The summed E-state index contributed by atoms with van der Waals surface area (Å²) in [5.74, 6) is -0.331. The summed E-state index contributed by atoms with van der Waals surface area (Å²) < 4.78 is 0. The van der Waals surface area contributed by atoms with Crippen molar-refractivity contribution in [3.8, 4) is 11.3 Å². The fourth-order valence-corrected chi connectivity index (χ4v) is 2.17. The van der Waals surface area contributed by atoms with Crippen LogP contribution in [0.25, 0.3) is 11.3 Å². The van der Waals surface area contributed by atoms with Gasteiger partial charge in [0.05, 0.1) is 11.9 Å². The molecule has 0 atom stereocenters. The second kappa shape index (κ2) is 6.65. The zero-order valence-electron chi connectivity index (χ0n) is 12.5. The quantitative estimate of drug-likeness (QED) is 0.574. The zero-order chi connectivity index (χ0) is 16.1. The average molecular weight is 305 g/mol. The van der Waals surface area contributed by atoms with Crippen molar-refractivity contribution in [1.29, 1.82) is 0 Å². The fourth-order valence-electron chi connectivity index (χ4n) is 2.17. The summed E-state index contributed by atoms with van der Waals surface area (Å²) in [7, 11) is 0. The molecular formula is C17H15N5O. The number of pyridine rings is 1. The van der Waals surface area contributed by atoms with Crippen LogP contribution in [0, 0.1) is 6.92 Å². The van der Waals surface area contributed by atoms with Crippen LogP contribution in [0.1, 0.15) is 21.6 Å². The van der Waals surface area contributed by atoms with Gasteiger partial charge in [-0.25, -0.2) is 5.43 Å². The molecule has 0 unspecified atom stereocenters. The number of H-pyrrole nitrogens is 1. The average Bonchev–Trinajstić information content (AvgIpc) is 2.98. The zero-order valence-corrected chi connectivity index (χ0v) is 12.5. The number of aromatic amines is 1. The number of rotatable bonds is 4. The van der Waals surface area contributed by atoms with Gasteiger partial charge < -0.3 is 0 Å². The van der Waals surface area contributed by atoms with Gasteiger partial charge in [0.1, 0.15) is 5.69 Å². The van der Waals surface area contributed by atoms with Crippen LogP contribution in [0.2, 0.25) is 0 Å². The third-order valence-corrected chi connectivity index (χ3v) is 3.37. The van der Waals surface area contributed by atoms with Crippen molar-refractivity contribution in [1.82, 2.24) is 20.6 Å². The molecule has 0 saturated carbocycles. The van der Waals surface area contributed by atoms with Crippen LogP contribution in [0.3, 0.4) is 0 Å². The Morgan fingerprint density at radius 2 is 1.91 bits per heavy atom. The van der Waals surface area contributed by atoms with E-state index in [-0.39, 0.29) is 5.91 Å². The Morgan fingerprint density at radius 1 is 1.17 bits per heavy atom. The molecule has 2 heterocycles. The Bertz CT molecular complexity index is 825. The van der Waals surface area contributed by atoms with E-state index in [0.717, 1.165) is 22.4 Å². The van der Waals surface area contributed by atoms with E-state index in [1.807, 2.05) is 37.3 Å². The van der Waals surface area contributed by atoms with Crippen molar-refractivity contribution in [2.75, 3.05) is 0 Å². The molecule has 0 aliphatic heterocycles. The van der Waals surface area contributed by atoms with Crippen LogP contribution < -0.4 is 5.43 Å². The van der Waals surface area contributed by atoms with E-state index in [1.54, 1.807) is 30.7 Å². The molecule has 6 heteroatoms. The lowest BCUT2D eigenvalue weighted by Gasteiger charge is -2.00. The van der Waals surface area contributed by atoms with E-state index in [0.29, 0.717) is 5.69 Å². The van der Waals surface area contributed by atoms with Gasteiger partial charge in [0, 0.05) is 23.5 Å². The monoisotopic (exact) mass is 305 g/mol. The summed E-state index contributed by atoms with van der Waals surface area (Å²) in [5.41, 5.74) is 6.25. The number of hydrogen-bond donors (Lipinski definition) is 2. The van der Waals surface area contributed by atoms with Gasteiger partial charge in [0.25, 0.3) is 5.91 Å². The van der Waals surface area contributed by atoms with Crippen LogP contribution in [-0.2, 0) is 0 Å². The van der Waals surface area contributed by atoms with Crippen LogP contribution in [0.15, 0.2) is 60.0 Å². The molecule has 0 radical (unpaired) electrons. The van der Waals surface area contributed by atoms with Crippen molar-refractivity contribution in [2.45, 2.75) is 6.92 Å². The summed E-state index contributed by atoms with van der Waals surface area (Å²) in [4.78, 5) is 16.1. The lowest BCUT2D eigenvalue weighted by atomic mass is 10.1. The van der Waals surface area contributed by atoms with E-state index in [9.17, 15) is 4.79 Å². The highest BCUT2D eigenvalue weighted by molar-refractivity contribution is 5.95. The summed E-state index contributed by atoms with van der Waals surface area (Å²) in [5, 5.41) is 10.9. The third kappa shape index (κ3) is 3.32. The fraction of sp³-hybridized carbons (Fsp3) is 0.0588. The molecule has 6 nitrogen and oxygen atoms in total. The molecule has 0 spiro atoms. The normalized spacial score (nSPS) is 10.8. The highest BCUT2D eigenvalue weighted by atomic mass is 16.2. The molecule has 2 aromatic heterocycles. The van der Waals surface area contributed by atoms with Crippen LogP contribution >= 0.6 is 0 Å². The second-order valence-corrected chi connectivity index (χ2v) is 4.92. The lowest BCUT2D eigenvalue weighted by molar-refractivity contribution is 0.0949. The standard InChI is InChI=1S/C17H15N5O/c1-12-15(14-5-3-2-4-6-14)20-21-16(12)17(23)22-19-11-13-7-9-18-10-8-13/h2-11H,1H3,(H,20,21)(H,22,23)/b19-11+. The number of nitrogens with one attached hydrogen (secondary N) is 2. The molecule has 3 aromatic rings. The van der Waals surface area contributed by atoms with Gasteiger partial charge in [-0.15, -0.1) is 0 Å². The molecule has 2 N–H and O–H groups in total. The van der Waals surface area contributed by atoms with Gasteiger partial charge in [-0.3, -0.25) is 14.9 Å². The first-order chi connectivity index (χ1) is 11.3. The number of hydrazone groups is 1. The van der Waals surface area contributed by atoms with Crippen molar-refractivity contribution in [2.24, 2.45) is 5.10 Å². The maximum Gasteiger partial charge on any atom is 0.289 e. The highest BCUT2D eigenvalue weighted by Crippen LogP contribution is 2.22. The first-order valence-corrected chi connectivity index (χ1v) is 7.09. The third-order valence-electron chi connectivity index (χ3n) is 3.37. The SMILES string of the molecule is Cc1c(-c2ccccc2)n[nH]c1C(=O)N/N=C/c1ccncc1. The molecule has 23 heavy (non-hydrogen) atoms. The minimum Gasteiger partial charge on any atom is -0.272 e. The number of hydrogen-bond acceptors (Lipinski definition) is 4. The van der Waals surface area contributed by atoms with Gasteiger partial charge in [-0.1, -0.05) is 30.3 Å². The van der Waals surface area contributed by atoms with E-state index < -0.39 is 0 Å². The Labute approximate surface area is 133 Å². The van der Waals surface area contributed by atoms with Gasteiger partial charge in [-0.2, -0.15) is 10.2 Å². The van der Waals surface area contributed by atoms with E-state index >= 15 is 0 Å². The van der Waals surface area contributed by atoms with E-state index in [2.05, 4.69) is 25.7 Å². The molecule has 3 rings (SSSR count). The van der Waals surface area contributed by atoms with Crippen molar-refractivity contribution in [3.63, 3.8) is 0 Å². The molecule has 0 saturated heterocycles. The summed E-state index contributed by atoms with van der Waals surface area (Å²) in [6, 6.07) is 13.3. The van der Waals surface area contributed by atoms with Crippen molar-refractivity contribution in [3.05, 3.63) is 71.7 Å². The molecule has 0 bridgehead atoms. The molecule has 1 aromatic carbocycles. The molecule has 0 aliphatic rings. The first-order valence-electron chi connectivity index (χ1n) is 7.09. The number of amides is 1. The molecule has 0 fully saturated rings. The number of aromatic nitrogens is 3. The predicted octanol–water partition coefficient (Wildman–Crippen LogP) is 2.54. The summed E-state index contributed by atoms with van der Waals surface area (Å²) in [6.07, 6.45) is 4.88. The van der Waals surface area contributed by atoms with Gasteiger partial charge in [0.2, 0.25) is 0 Å². The van der Waals surface area contributed by atoms with Gasteiger partial charge in [-0.05, 0) is 24.6 Å². The minimum atomic E-state index is -0.331. The lowest BCUT2D eigenvalue weighted by Crippen LogP contribution is -2.19. The molecular weight excluding hydrogens is 290 g/mol.